The van der Waals surface area contributed by atoms with Crippen molar-refractivity contribution in [2.24, 2.45) is 11.1 Å². The fourth-order valence-electron chi connectivity index (χ4n) is 2.02. The second kappa shape index (κ2) is 4.78. The van der Waals surface area contributed by atoms with Gasteiger partial charge < -0.3 is 11.1 Å². The molecule has 0 radical (unpaired) electrons. The van der Waals surface area contributed by atoms with E-state index in [1.54, 1.807) is 6.07 Å². The molecule has 100 valence electrons. The molecule has 1 saturated carbocycles. The lowest BCUT2D eigenvalue weighted by Gasteiger charge is -2.17. The van der Waals surface area contributed by atoms with E-state index >= 15 is 0 Å². The predicted molar refractivity (Wildman–Crippen MR) is 72.7 cm³/mol. The third-order valence-corrected chi connectivity index (χ3v) is 4.05. The number of nitrogens with two attached hydrogens (primary N) is 2. The predicted octanol–water partition coefficient (Wildman–Crippen LogP) is 1.52. The highest BCUT2D eigenvalue weighted by Crippen LogP contribution is 2.34. The SMILES string of the molecule is CC(CC1CC1)Nc1cc(S(N)(=O)=O)ccc1N. The van der Waals surface area contributed by atoms with Crippen LogP contribution in [0, 0.1) is 5.92 Å². The maximum absolute atomic E-state index is 11.3. The Morgan fingerprint density at radius 2 is 2.11 bits per heavy atom. The lowest BCUT2D eigenvalue weighted by Crippen LogP contribution is -2.18. The number of hydrogen-bond acceptors (Lipinski definition) is 4. The minimum absolute atomic E-state index is 0.0813. The second-order valence-corrected chi connectivity index (χ2v) is 6.58. The van der Waals surface area contributed by atoms with Crippen LogP contribution in [0.3, 0.4) is 0 Å². The Kier molecular flexibility index (Phi) is 3.49. The summed E-state index contributed by atoms with van der Waals surface area (Å²) in [4.78, 5) is 0.0813. The van der Waals surface area contributed by atoms with Crippen molar-refractivity contribution in [1.29, 1.82) is 0 Å². The molecule has 6 heteroatoms. The van der Waals surface area contributed by atoms with Gasteiger partial charge in [0.15, 0.2) is 0 Å². The molecule has 1 fully saturated rings. The van der Waals surface area contributed by atoms with Crippen LogP contribution >= 0.6 is 0 Å². The molecule has 5 N–H and O–H groups in total. The normalized spacial score (nSPS) is 17.4. The van der Waals surface area contributed by atoms with Gasteiger partial charge in [0.2, 0.25) is 10.0 Å². The lowest BCUT2D eigenvalue weighted by molar-refractivity contribution is 0.597. The minimum atomic E-state index is -3.68. The average molecular weight is 269 g/mol. The van der Waals surface area contributed by atoms with E-state index in [2.05, 4.69) is 12.2 Å². The zero-order valence-corrected chi connectivity index (χ0v) is 11.2. The van der Waals surface area contributed by atoms with Crippen molar-refractivity contribution < 1.29 is 8.42 Å². The lowest BCUT2D eigenvalue weighted by atomic mass is 10.1. The van der Waals surface area contributed by atoms with Crippen LogP contribution in [0.15, 0.2) is 23.1 Å². The Morgan fingerprint density at radius 1 is 1.44 bits per heavy atom. The Balaban J connectivity index is 2.15. The van der Waals surface area contributed by atoms with Gasteiger partial charge in [-0.1, -0.05) is 12.8 Å². The smallest absolute Gasteiger partial charge is 0.238 e. The number of sulfonamides is 1. The molecule has 2 rings (SSSR count). The minimum Gasteiger partial charge on any atom is -0.397 e. The van der Waals surface area contributed by atoms with Crippen LogP contribution in [-0.4, -0.2) is 14.5 Å². The summed E-state index contributed by atoms with van der Waals surface area (Å²) in [5.41, 5.74) is 7.00. The molecule has 0 spiro atoms. The van der Waals surface area contributed by atoms with Crippen molar-refractivity contribution >= 4 is 21.4 Å². The molecule has 5 nitrogen and oxygen atoms in total. The first-order valence-electron chi connectivity index (χ1n) is 6.05. The maximum Gasteiger partial charge on any atom is 0.238 e. The average Bonchev–Trinajstić information content (AvgIpc) is 3.03. The number of anilines is 2. The van der Waals surface area contributed by atoms with E-state index in [4.69, 9.17) is 10.9 Å². The van der Waals surface area contributed by atoms with E-state index in [9.17, 15) is 8.42 Å². The highest BCUT2D eigenvalue weighted by molar-refractivity contribution is 7.89. The van der Waals surface area contributed by atoms with Gasteiger partial charge in [0.1, 0.15) is 0 Å². The van der Waals surface area contributed by atoms with Gasteiger partial charge in [-0.3, -0.25) is 0 Å². The summed E-state index contributed by atoms with van der Waals surface area (Å²) >= 11 is 0. The summed E-state index contributed by atoms with van der Waals surface area (Å²) in [6.45, 7) is 2.07. The number of nitrogen functional groups attached to an aromatic ring is 1. The van der Waals surface area contributed by atoms with Gasteiger partial charge in [0.05, 0.1) is 16.3 Å². The third kappa shape index (κ3) is 3.36. The standard InChI is InChI=1S/C12H19N3O2S/c1-8(6-9-2-3-9)15-12-7-10(18(14,16)17)4-5-11(12)13/h4-5,7-9,15H,2-3,6,13H2,1H3,(H2,14,16,17). The third-order valence-electron chi connectivity index (χ3n) is 3.14. The van der Waals surface area contributed by atoms with Crippen molar-refractivity contribution in [2.45, 2.75) is 37.1 Å². The molecule has 0 heterocycles. The second-order valence-electron chi connectivity index (χ2n) is 5.02. The van der Waals surface area contributed by atoms with Crippen molar-refractivity contribution in [3.05, 3.63) is 18.2 Å². The highest BCUT2D eigenvalue weighted by atomic mass is 32.2. The summed E-state index contributed by atoms with van der Waals surface area (Å²) in [5, 5.41) is 8.35. The molecule has 1 unspecified atom stereocenters. The van der Waals surface area contributed by atoms with Crippen LogP contribution in [0.4, 0.5) is 11.4 Å². The molecule has 0 bridgehead atoms. The molecule has 1 aromatic rings. The van der Waals surface area contributed by atoms with Crippen LogP contribution in [0.2, 0.25) is 0 Å². The monoisotopic (exact) mass is 269 g/mol. The zero-order chi connectivity index (χ0) is 13.3. The fraction of sp³-hybridized carbons (Fsp3) is 0.500. The quantitative estimate of drug-likeness (QED) is 0.706. The van der Waals surface area contributed by atoms with Crippen LogP contribution in [0.25, 0.3) is 0 Å². The molecule has 0 saturated heterocycles. The summed E-state index contributed by atoms with van der Waals surface area (Å²) in [6, 6.07) is 4.75. The summed E-state index contributed by atoms with van der Waals surface area (Å²) in [6.07, 6.45) is 3.66. The number of nitrogens with one attached hydrogen (secondary N) is 1. The first kappa shape index (κ1) is 13.2. The largest absolute Gasteiger partial charge is 0.397 e. The maximum atomic E-state index is 11.3. The first-order valence-corrected chi connectivity index (χ1v) is 7.60. The molecule has 1 atom stereocenters. The van der Waals surface area contributed by atoms with E-state index < -0.39 is 10.0 Å². The van der Waals surface area contributed by atoms with Crippen LogP contribution in [-0.2, 0) is 10.0 Å². The van der Waals surface area contributed by atoms with Gasteiger partial charge in [-0.25, -0.2) is 13.6 Å². The molecule has 0 amide bonds. The summed E-state index contributed by atoms with van der Waals surface area (Å²) in [7, 11) is -3.68. The van der Waals surface area contributed by atoms with Crippen molar-refractivity contribution in [3.8, 4) is 0 Å². The van der Waals surface area contributed by atoms with Gasteiger partial charge in [-0.05, 0) is 37.5 Å². The topological polar surface area (TPSA) is 98.2 Å². The molecule has 0 aliphatic heterocycles. The number of hydrogen-bond donors (Lipinski definition) is 3. The Hall–Kier alpha value is -1.27. The van der Waals surface area contributed by atoms with Crippen molar-refractivity contribution in [1.82, 2.24) is 0 Å². The molecular formula is C12H19N3O2S. The molecule has 1 aromatic carbocycles. The Morgan fingerprint density at radius 3 is 2.67 bits per heavy atom. The van der Waals surface area contributed by atoms with E-state index in [0.29, 0.717) is 11.4 Å². The van der Waals surface area contributed by atoms with Crippen LogP contribution < -0.4 is 16.2 Å². The van der Waals surface area contributed by atoms with E-state index in [1.807, 2.05) is 0 Å². The molecular weight excluding hydrogens is 250 g/mol. The molecule has 1 aliphatic rings. The number of primary sulfonamides is 1. The Labute approximate surface area is 108 Å². The summed E-state index contributed by atoms with van der Waals surface area (Å²) in [5.74, 6) is 0.801. The van der Waals surface area contributed by atoms with Crippen molar-refractivity contribution in [2.75, 3.05) is 11.1 Å². The van der Waals surface area contributed by atoms with Crippen LogP contribution in [0.1, 0.15) is 26.2 Å². The Bertz CT molecular complexity index is 538. The van der Waals surface area contributed by atoms with Gasteiger partial charge in [0, 0.05) is 6.04 Å². The molecule has 18 heavy (non-hydrogen) atoms. The van der Waals surface area contributed by atoms with Gasteiger partial charge in [-0.15, -0.1) is 0 Å². The molecule has 1 aliphatic carbocycles. The van der Waals surface area contributed by atoms with E-state index in [-0.39, 0.29) is 10.9 Å². The highest BCUT2D eigenvalue weighted by Gasteiger charge is 2.23. The number of benzene rings is 1. The number of rotatable bonds is 5. The zero-order valence-electron chi connectivity index (χ0n) is 10.4. The van der Waals surface area contributed by atoms with Gasteiger partial charge in [0.25, 0.3) is 0 Å². The van der Waals surface area contributed by atoms with Gasteiger partial charge in [-0.2, -0.15) is 0 Å². The van der Waals surface area contributed by atoms with Crippen molar-refractivity contribution in [3.63, 3.8) is 0 Å². The summed E-state index contributed by atoms with van der Waals surface area (Å²) < 4.78 is 22.6. The van der Waals surface area contributed by atoms with Gasteiger partial charge >= 0.3 is 0 Å². The fourth-order valence-corrected chi connectivity index (χ4v) is 2.56. The molecule has 0 aromatic heterocycles. The first-order chi connectivity index (χ1) is 8.36. The van der Waals surface area contributed by atoms with Crippen LogP contribution in [0.5, 0.6) is 0 Å². The van der Waals surface area contributed by atoms with E-state index in [1.165, 1.54) is 25.0 Å². The van der Waals surface area contributed by atoms with E-state index in [0.717, 1.165) is 12.3 Å².